The topological polar surface area (TPSA) is 121 Å². The quantitative estimate of drug-likeness (QED) is 0.274. The summed E-state index contributed by atoms with van der Waals surface area (Å²) in [6, 6.07) is 0. The van der Waals surface area contributed by atoms with Crippen molar-refractivity contribution in [3.05, 3.63) is 23.8 Å². The van der Waals surface area contributed by atoms with Gasteiger partial charge in [0.2, 0.25) is 5.78 Å². The largest absolute Gasteiger partial charge is 0.450 e. The van der Waals surface area contributed by atoms with E-state index in [4.69, 9.17) is 4.74 Å². The Hall–Kier alpha value is -2.04. The highest BCUT2D eigenvalue weighted by atomic mass is 32.2. The van der Waals surface area contributed by atoms with Crippen LogP contribution in [-0.4, -0.2) is 80.7 Å². The third-order valence-corrected chi connectivity index (χ3v) is 11.8. The summed E-state index contributed by atoms with van der Waals surface area (Å²) in [5, 5.41) is 21.4. The molecule has 10 heteroatoms. The summed E-state index contributed by atoms with van der Waals surface area (Å²) in [5.41, 5.74) is -5.10. The molecule has 0 heterocycles. The van der Waals surface area contributed by atoms with E-state index in [9.17, 15) is 29.4 Å². The number of thioether (sulfide) groups is 1. The molecule has 1 amide bonds. The Balaban J connectivity index is 0.000000349. The molecule has 8 nitrogen and oxygen atoms in total. The first kappa shape index (κ1) is 38.4. The number of hydrogen-bond acceptors (Lipinski definition) is 8. The van der Waals surface area contributed by atoms with E-state index in [0.717, 1.165) is 18.8 Å². The number of hydrogen-bond donors (Lipinski definition) is 2. The molecule has 0 aliphatic heterocycles. The van der Waals surface area contributed by atoms with Gasteiger partial charge in [-0.2, -0.15) is 0 Å². The summed E-state index contributed by atoms with van der Waals surface area (Å²) < 4.78 is 23.0. The Labute approximate surface area is 279 Å². The zero-order valence-corrected chi connectivity index (χ0v) is 30.0. The standard InChI is InChI=1S/C25H33FO6.C11H23NOS/c1-5-21(31)32-25(20(30)13-27)14(2)10-18-17-7-6-15-11-16(28)8-9-22(15,3)24(17,26)19(29)12-23(18,25)4;1-6-14-11(13)12(7-9(2)3)8-10(4)5/h8-9,11,14,17-19,27,29H,5-7,10,12-13H2,1-4H3;9-10H,6-8H2,1-5H3/t14-,17-,18-,19-,22-,23-,24-,25-;/m0./s1. The van der Waals surface area contributed by atoms with Gasteiger partial charge in [-0.25, -0.2) is 4.39 Å². The predicted molar refractivity (Wildman–Crippen MR) is 179 cm³/mol. The molecule has 0 spiro atoms. The number of amides is 1. The monoisotopic (exact) mass is 665 g/mol. The van der Waals surface area contributed by atoms with Gasteiger partial charge in [-0.15, -0.1) is 0 Å². The van der Waals surface area contributed by atoms with Gasteiger partial charge in [-0.1, -0.05) is 78.8 Å². The molecule has 0 aromatic rings. The van der Waals surface area contributed by atoms with Crippen LogP contribution in [0.2, 0.25) is 0 Å². The molecule has 8 atom stereocenters. The highest BCUT2D eigenvalue weighted by Gasteiger charge is 2.77. The maximum absolute atomic E-state index is 17.2. The molecule has 3 fully saturated rings. The van der Waals surface area contributed by atoms with Crippen LogP contribution in [0.25, 0.3) is 0 Å². The Kier molecular flexibility index (Phi) is 12.2. The fraction of sp³-hybridized carbons (Fsp3) is 0.778. The number of aliphatic hydroxyl groups excluding tert-OH is 2. The van der Waals surface area contributed by atoms with Crippen molar-refractivity contribution < 1.29 is 38.5 Å². The minimum absolute atomic E-state index is 0.0675. The van der Waals surface area contributed by atoms with Crippen molar-refractivity contribution in [2.24, 2.45) is 40.4 Å². The normalized spacial score (nSPS) is 36.2. The molecule has 3 saturated carbocycles. The zero-order chi connectivity index (χ0) is 34.8. The van der Waals surface area contributed by atoms with Crippen molar-refractivity contribution in [3.8, 4) is 0 Å². The molecule has 0 aromatic carbocycles. The summed E-state index contributed by atoms with van der Waals surface area (Å²) in [5.74, 6) is -0.722. The SMILES string of the molecule is CCC(=O)O[C@]1(C(=O)CO)[C@@H](C)C[C@H]2[C@@H]3CCC4=CC(=O)C=C[C@]4(C)[C@@]3(F)[C@@H](O)C[C@@]21C.CCSC(=O)N(CC(C)C)CC(C)C. The first-order valence-corrected chi connectivity index (χ1v) is 18.0. The van der Waals surface area contributed by atoms with Crippen LogP contribution in [-0.2, 0) is 19.1 Å². The number of ether oxygens (including phenoxy) is 1. The summed E-state index contributed by atoms with van der Waals surface area (Å²) in [4.78, 5) is 51.2. The van der Waals surface area contributed by atoms with Crippen LogP contribution in [0, 0.1) is 40.4 Å². The van der Waals surface area contributed by atoms with Gasteiger partial charge in [0.25, 0.3) is 5.24 Å². The molecule has 260 valence electrons. The summed E-state index contributed by atoms with van der Waals surface area (Å²) in [6.45, 7) is 18.6. The minimum Gasteiger partial charge on any atom is -0.450 e. The van der Waals surface area contributed by atoms with E-state index >= 15 is 4.39 Å². The van der Waals surface area contributed by atoms with Crippen LogP contribution in [0.1, 0.15) is 94.4 Å². The fourth-order valence-electron chi connectivity index (χ4n) is 9.09. The molecular formula is C36H56FNO7S. The number of carbonyl (C=O) groups excluding carboxylic acids is 4. The Morgan fingerprint density at radius 1 is 1.11 bits per heavy atom. The third-order valence-electron chi connectivity index (χ3n) is 11.0. The molecule has 0 aromatic heterocycles. The molecule has 0 saturated heterocycles. The van der Waals surface area contributed by atoms with Gasteiger partial charge >= 0.3 is 5.97 Å². The summed E-state index contributed by atoms with van der Waals surface area (Å²) in [7, 11) is 0. The molecule has 2 N–H and O–H groups in total. The molecule has 0 bridgehead atoms. The lowest BCUT2D eigenvalue weighted by molar-refractivity contribution is -0.228. The van der Waals surface area contributed by atoms with E-state index in [1.165, 1.54) is 23.9 Å². The molecule has 4 aliphatic carbocycles. The van der Waals surface area contributed by atoms with Crippen molar-refractivity contribution >= 4 is 34.5 Å². The zero-order valence-electron chi connectivity index (χ0n) is 29.2. The molecule has 0 unspecified atom stereocenters. The number of halogens is 1. The summed E-state index contributed by atoms with van der Waals surface area (Å²) in [6.07, 6.45) is 4.38. The second kappa shape index (κ2) is 14.6. The molecular weight excluding hydrogens is 609 g/mol. The van der Waals surface area contributed by atoms with Gasteiger partial charge in [0.15, 0.2) is 17.1 Å². The number of rotatable bonds is 9. The number of alkyl halides is 1. The molecule has 4 aliphatic rings. The van der Waals surface area contributed by atoms with Gasteiger partial charge in [0.05, 0.1) is 6.10 Å². The van der Waals surface area contributed by atoms with Crippen molar-refractivity contribution in [1.29, 1.82) is 0 Å². The number of nitrogens with zero attached hydrogens (tertiary/aromatic N) is 1. The molecule has 4 rings (SSSR count). The van der Waals surface area contributed by atoms with Crippen LogP contribution in [0.5, 0.6) is 0 Å². The smallest absolute Gasteiger partial charge is 0.306 e. The van der Waals surface area contributed by atoms with E-state index in [0.29, 0.717) is 36.7 Å². The van der Waals surface area contributed by atoms with E-state index < -0.39 is 58.4 Å². The first-order valence-electron chi connectivity index (χ1n) is 17.0. The van der Waals surface area contributed by atoms with Gasteiger partial charge in [-0.3, -0.25) is 19.2 Å². The van der Waals surface area contributed by atoms with Crippen molar-refractivity contribution in [1.82, 2.24) is 4.90 Å². The number of ketones is 2. The van der Waals surface area contributed by atoms with E-state index in [1.807, 2.05) is 11.8 Å². The second-order valence-electron chi connectivity index (χ2n) is 14.9. The maximum atomic E-state index is 17.2. The Morgan fingerprint density at radius 3 is 2.24 bits per heavy atom. The lowest BCUT2D eigenvalue weighted by Gasteiger charge is -2.62. The van der Waals surface area contributed by atoms with Gasteiger partial charge < -0.3 is 19.8 Å². The van der Waals surface area contributed by atoms with Crippen LogP contribution < -0.4 is 0 Å². The van der Waals surface area contributed by atoms with E-state index in [1.54, 1.807) is 33.8 Å². The lowest BCUT2D eigenvalue weighted by atomic mass is 9.44. The van der Waals surface area contributed by atoms with Gasteiger partial charge in [0, 0.05) is 42.2 Å². The average Bonchev–Trinajstić information content (AvgIpc) is 3.19. The summed E-state index contributed by atoms with van der Waals surface area (Å²) >= 11 is 1.41. The minimum atomic E-state index is -2.02. The highest BCUT2D eigenvalue weighted by molar-refractivity contribution is 8.13. The first-order chi connectivity index (χ1) is 21.4. The van der Waals surface area contributed by atoms with Crippen LogP contribution in [0.15, 0.2) is 23.8 Å². The fourth-order valence-corrected chi connectivity index (χ4v) is 9.67. The van der Waals surface area contributed by atoms with Crippen molar-refractivity contribution in [3.63, 3.8) is 0 Å². The average molecular weight is 666 g/mol. The third kappa shape index (κ3) is 6.51. The molecule has 0 radical (unpaired) electrons. The van der Waals surface area contributed by atoms with Gasteiger partial charge in [0.1, 0.15) is 6.61 Å². The molecule has 46 heavy (non-hydrogen) atoms. The number of esters is 1. The van der Waals surface area contributed by atoms with Crippen LogP contribution >= 0.6 is 11.8 Å². The number of fused-ring (bicyclic) bond motifs is 5. The Morgan fingerprint density at radius 2 is 1.72 bits per heavy atom. The predicted octanol–water partition coefficient (Wildman–Crippen LogP) is 6.33. The van der Waals surface area contributed by atoms with Crippen molar-refractivity contribution in [2.75, 3.05) is 25.4 Å². The number of carbonyl (C=O) groups is 4. The van der Waals surface area contributed by atoms with Crippen molar-refractivity contribution in [2.45, 2.75) is 112 Å². The second-order valence-corrected chi connectivity index (χ2v) is 16.2. The van der Waals surface area contributed by atoms with Gasteiger partial charge in [-0.05, 0) is 68.3 Å². The Bertz CT molecular complexity index is 1220. The van der Waals surface area contributed by atoms with Crippen LogP contribution in [0.3, 0.4) is 0 Å². The maximum Gasteiger partial charge on any atom is 0.306 e. The number of aliphatic hydroxyl groups is 2. The van der Waals surface area contributed by atoms with Crippen LogP contribution in [0.4, 0.5) is 9.18 Å². The van der Waals surface area contributed by atoms with E-state index in [-0.39, 0.29) is 29.8 Å². The van der Waals surface area contributed by atoms with E-state index in [2.05, 4.69) is 27.7 Å². The highest BCUT2D eigenvalue weighted by Crippen LogP contribution is 2.71. The number of Topliss-reactive ketones (excluding diaryl/α,β-unsaturated/α-hetero) is 1. The number of allylic oxidation sites excluding steroid dienone is 4. The lowest BCUT2D eigenvalue weighted by Crippen LogP contribution is -2.70.